The Hall–Kier alpha value is -2.14. The second-order valence-electron chi connectivity index (χ2n) is 4.39. The molecule has 1 aromatic carbocycles. The number of aromatic nitrogens is 4. The largest absolute Gasteiger partial charge is 0.378 e. The first-order chi connectivity index (χ1) is 9.16. The van der Waals surface area contributed by atoms with Crippen molar-refractivity contribution in [2.45, 2.75) is 0 Å². The third kappa shape index (κ3) is 2.02. The highest BCUT2D eigenvalue weighted by Crippen LogP contribution is 2.23. The molecular formula is C13H12ClN5. The molecule has 0 saturated carbocycles. The summed E-state index contributed by atoms with van der Waals surface area (Å²) in [5.74, 6) is 0.715. The van der Waals surface area contributed by atoms with Crippen molar-refractivity contribution < 1.29 is 0 Å². The average Bonchev–Trinajstić information content (AvgIpc) is 2.84. The number of benzene rings is 1. The summed E-state index contributed by atoms with van der Waals surface area (Å²) in [4.78, 5) is 6.04. The summed E-state index contributed by atoms with van der Waals surface area (Å²) < 4.78 is 1.78. The molecule has 0 fully saturated rings. The lowest BCUT2D eigenvalue weighted by Gasteiger charge is -2.12. The van der Waals surface area contributed by atoms with Gasteiger partial charge in [0.25, 0.3) is 0 Å². The number of anilines is 1. The van der Waals surface area contributed by atoms with Crippen molar-refractivity contribution >= 4 is 22.9 Å². The van der Waals surface area contributed by atoms with Crippen molar-refractivity contribution in [3.63, 3.8) is 0 Å². The predicted octanol–water partition coefficient (Wildman–Crippen LogP) is 2.51. The van der Waals surface area contributed by atoms with E-state index in [9.17, 15) is 0 Å². The molecule has 0 N–H and O–H groups in total. The molecule has 5 nitrogen and oxygen atoms in total. The molecule has 0 bridgehead atoms. The minimum atomic E-state index is 0.495. The summed E-state index contributed by atoms with van der Waals surface area (Å²) in [5, 5.41) is 8.74. The molecule has 6 heteroatoms. The molecule has 0 aliphatic carbocycles. The van der Waals surface area contributed by atoms with Crippen molar-refractivity contribution in [3.8, 4) is 11.4 Å². The first-order valence-electron chi connectivity index (χ1n) is 5.79. The summed E-state index contributed by atoms with van der Waals surface area (Å²) in [6.07, 6.45) is 3.21. The Bertz CT molecular complexity index is 717. The molecule has 0 radical (unpaired) electrons. The van der Waals surface area contributed by atoms with E-state index < -0.39 is 0 Å². The second kappa shape index (κ2) is 4.51. The minimum absolute atomic E-state index is 0.495. The molecule has 0 atom stereocenters. The summed E-state index contributed by atoms with van der Waals surface area (Å²) in [6, 6.07) is 8.07. The third-order valence-electron chi connectivity index (χ3n) is 2.91. The maximum absolute atomic E-state index is 6.15. The van der Waals surface area contributed by atoms with Crippen molar-refractivity contribution in [2.75, 3.05) is 19.0 Å². The van der Waals surface area contributed by atoms with Gasteiger partial charge in [0, 0.05) is 25.3 Å². The number of hydrogen-bond donors (Lipinski definition) is 0. The third-order valence-corrected chi connectivity index (χ3v) is 3.18. The Balaban J connectivity index is 2.14. The van der Waals surface area contributed by atoms with Crippen LogP contribution in [0.25, 0.3) is 17.0 Å². The number of hydrogen-bond acceptors (Lipinski definition) is 4. The van der Waals surface area contributed by atoms with Crippen LogP contribution in [0.5, 0.6) is 0 Å². The zero-order chi connectivity index (χ0) is 13.4. The van der Waals surface area contributed by atoms with E-state index >= 15 is 0 Å². The standard InChI is InChI=1S/C13H12ClN5/c1-18(2)10-5-3-9(4-6-10)13-17-16-12-8-15-7-11(14)19(12)13/h3-8H,1-2H3. The summed E-state index contributed by atoms with van der Waals surface area (Å²) in [7, 11) is 4.01. The van der Waals surface area contributed by atoms with Crippen LogP contribution in [0.1, 0.15) is 0 Å². The van der Waals surface area contributed by atoms with E-state index in [1.807, 2.05) is 43.3 Å². The van der Waals surface area contributed by atoms with Gasteiger partial charge < -0.3 is 4.90 Å². The molecule has 2 heterocycles. The van der Waals surface area contributed by atoms with Crippen LogP contribution in [-0.2, 0) is 0 Å². The number of nitrogens with zero attached hydrogens (tertiary/aromatic N) is 5. The molecule has 3 rings (SSSR count). The van der Waals surface area contributed by atoms with E-state index in [0.717, 1.165) is 11.3 Å². The van der Waals surface area contributed by atoms with Gasteiger partial charge in [-0.3, -0.25) is 9.38 Å². The van der Waals surface area contributed by atoms with Crippen LogP contribution in [0, 0.1) is 0 Å². The normalized spacial score (nSPS) is 10.9. The minimum Gasteiger partial charge on any atom is -0.378 e. The van der Waals surface area contributed by atoms with Gasteiger partial charge in [-0.1, -0.05) is 11.6 Å². The zero-order valence-electron chi connectivity index (χ0n) is 10.6. The van der Waals surface area contributed by atoms with E-state index in [2.05, 4.69) is 15.2 Å². The van der Waals surface area contributed by atoms with Crippen LogP contribution in [0.4, 0.5) is 5.69 Å². The average molecular weight is 274 g/mol. The SMILES string of the molecule is CN(C)c1ccc(-c2nnc3cncc(Cl)n23)cc1. The fourth-order valence-electron chi connectivity index (χ4n) is 1.91. The Morgan fingerprint density at radius 3 is 2.47 bits per heavy atom. The summed E-state index contributed by atoms with van der Waals surface area (Å²) >= 11 is 6.15. The Labute approximate surface area is 115 Å². The second-order valence-corrected chi connectivity index (χ2v) is 4.78. The molecular weight excluding hydrogens is 262 g/mol. The molecule has 0 unspecified atom stereocenters. The van der Waals surface area contributed by atoms with Crippen molar-refractivity contribution in [2.24, 2.45) is 0 Å². The molecule has 0 saturated heterocycles. The van der Waals surface area contributed by atoms with Gasteiger partial charge in [-0.2, -0.15) is 0 Å². The molecule has 96 valence electrons. The molecule has 3 aromatic rings. The van der Waals surface area contributed by atoms with Gasteiger partial charge in [0.1, 0.15) is 5.15 Å². The van der Waals surface area contributed by atoms with Gasteiger partial charge in [0.15, 0.2) is 11.5 Å². The highest BCUT2D eigenvalue weighted by atomic mass is 35.5. The maximum atomic E-state index is 6.15. The summed E-state index contributed by atoms with van der Waals surface area (Å²) in [6.45, 7) is 0. The summed E-state index contributed by atoms with van der Waals surface area (Å²) in [5.41, 5.74) is 2.73. The maximum Gasteiger partial charge on any atom is 0.180 e. The molecule has 0 aliphatic rings. The van der Waals surface area contributed by atoms with E-state index in [-0.39, 0.29) is 0 Å². The highest BCUT2D eigenvalue weighted by Gasteiger charge is 2.10. The Morgan fingerprint density at radius 2 is 1.79 bits per heavy atom. The van der Waals surface area contributed by atoms with E-state index in [0.29, 0.717) is 16.6 Å². The first kappa shape index (κ1) is 11.9. The quantitative estimate of drug-likeness (QED) is 0.720. The molecule has 0 spiro atoms. The molecule has 19 heavy (non-hydrogen) atoms. The van der Waals surface area contributed by atoms with Crippen LogP contribution in [0.3, 0.4) is 0 Å². The lowest BCUT2D eigenvalue weighted by Crippen LogP contribution is -2.08. The zero-order valence-corrected chi connectivity index (χ0v) is 11.3. The Morgan fingerprint density at radius 1 is 1.05 bits per heavy atom. The lowest BCUT2D eigenvalue weighted by atomic mass is 10.2. The fraction of sp³-hybridized carbons (Fsp3) is 0.154. The molecule has 0 aliphatic heterocycles. The predicted molar refractivity (Wildman–Crippen MR) is 75.6 cm³/mol. The smallest absolute Gasteiger partial charge is 0.180 e. The van der Waals surface area contributed by atoms with Crippen LogP contribution in [-0.4, -0.2) is 33.7 Å². The van der Waals surface area contributed by atoms with Gasteiger partial charge in [-0.15, -0.1) is 10.2 Å². The number of fused-ring (bicyclic) bond motifs is 1. The first-order valence-corrected chi connectivity index (χ1v) is 6.17. The van der Waals surface area contributed by atoms with E-state index in [1.165, 1.54) is 0 Å². The molecule has 2 aromatic heterocycles. The van der Waals surface area contributed by atoms with Gasteiger partial charge in [-0.05, 0) is 24.3 Å². The van der Waals surface area contributed by atoms with Crippen molar-refractivity contribution in [3.05, 3.63) is 41.8 Å². The van der Waals surface area contributed by atoms with Crippen LogP contribution >= 0.6 is 11.6 Å². The van der Waals surface area contributed by atoms with Gasteiger partial charge in [0.05, 0.1) is 12.4 Å². The Kier molecular flexibility index (Phi) is 2.83. The number of halogens is 1. The molecule has 0 amide bonds. The van der Waals surface area contributed by atoms with Gasteiger partial charge in [-0.25, -0.2) is 0 Å². The monoisotopic (exact) mass is 273 g/mol. The van der Waals surface area contributed by atoms with E-state index in [4.69, 9.17) is 11.6 Å². The van der Waals surface area contributed by atoms with Crippen LogP contribution in [0.15, 0.2) is 36.7 Å². The van der Waals surface area contributed by atoms with Crippen LogP contribution in [0.2, 0.25) is 5.15 Å². The van der Waals surface area contributed by atoms with Gasteiger partial charge in [0.2, 0.25) is 0 Å². The van der Waals surface area contributed by atoms with Gasteiger partial charge >= 0.3 is 0 Å². The van der Waals surface area contributed by atoms with E-state index in [1.54, 1.807) is 16.8 Å². The van der Waals surface area contributed by atoms with Crippen molar-refractivity contribution in [1.29, 1.82) is 0 Å². The fourth-order valence-corrected chi connectivity index (χ4v) is 2.13. The number of rotatable bonds is 2. The lowest BCUT2D eigenvalue weighted by molar-refractivity contribution is 1.10. The van der Waals surface area contributed by atoms with Crippen molar-refractivity contribution in [1.82, 2.24) is 19.6 Å². The topological polar surface area (TPSA) is 46.3 Å². The highest BCUT2D eigenvalue weighted by molar-refractivity contribution is 6.29. The van der Waals surface area contributed by atoms with Crippen LogP contribution < -0.4 is 4.90 Å².